The van der Waals surface area contributed by atoms with Crippen molar-refractivity contribution in [1.82, 2.24) is 0 Å². The van der Waals surface area contributed by atoms with Gasteiger partial charge in [-0.25, -0.2) is 0 Å². The molecule has 0 N–H and O–H groups in total. The number of benzene rings is 1. The minimum absolute atomic E-state index is 0.313. The van der Waals surface area contributed by atoms with Gasteiger partial charge in [-0.2, -0.15) is 0 Å². The Kier molecular flexibility index (Phi) is 8.16. The topological polar surface area (TPSA) is 124 Å². The lowest BCUT2D eigenvalue weighted by molar-refractivity contribution is -0.288. The predicted molar refractivity (Wildman–Crippen MR) is 99.0 cm³/mol. The SMILES string of the molecule is CC(=O)OC[C@@H]1O[C@@H](Oc2ccccc2)[C@H](OC(C)=O)[C@@H](OC(C)=O)[C@@H]1OC(C)=O. The Morgan fingerprint density at radius 2 is 1.30 bits per heavy atom. The summed E-state index contributed by atoms with van der Waals surface area (Å²) in [6.45, 7) is 4.36. The van der Waals surface area contributed by atoms with Crippen molar-refractivity contribution in [2.24, 2.45) is 0 Å². The van der Waals surface area contributed by atoms with Crippen LogP contribution in [0.5, 0.6) is 5.75 Å². The van der Waals surface area contributed by atoms with Gasteiger partial charge in [-0.05, 0) is 12.1 Å². The summed E-state index contributed by atoms with van der Waals surface area (Å²) in [7, 11) is 0. The zero-order valence-corrected chi connectivity index (χ0v) is 17.1. The van der Waals surface area contributed by atoms with Crippen LogP contribution >= 0.6 is 0 Å². The largest absolute Gasteiger partial charge is 0.463 e. The monoisotopic (exact) mass is 424 g/mol. The van der Waals surface area contributed by atoms with E-state index in [-0.39, 0.29) is 6.61 Å². The zero-order chi connectivity index (χ0) is 22.3. The average molecular weight is 424 g/mol. The molecule has 0 bridgehead atoms. The molecule has 0 radical (unpaired) electrons. The lowest BCUT2D eigenvalue weighted by Gasteiger charge is -2.43. The molecule has 5 atom stereocenters. The molecule has 1 aromatic carbocycles. The molecule has 2 rings (SSSR count). The smallest absolute Gasteiger partial charge is 0.303 e. The summed E-state index contributed by atoms with van der Waals surface area (Å²) in [5, 5.41) is 0. The maximum atomic E-state index is 11.7. The fourth-order valence-electron chi connectivity index (χ4n) is 2.92. The second kappa shape index (κ2) is 10.6. The van der Waals surface area contributed by atoms with E-state index in [0.29, 0.717) is 5.75 Å². The second-order valence-electron chi connectivity index (χ2n) is 6.50. The first-order valence-corrected chi connectivity index (χ1v) is 9.19. The highest BCUT2D eigenvalue weighted by Gasteiger charge is 2.53. The number of esters is 4. The predicted octanol–water partition coefficient (Wildman–Crippen LogP) is 1.15. The number of carbonyl (C=O) groups excluding carboxylic acids is 4. The number of hydrogen-bond donors (Lipinski definition) is 0. The van der Waals surface area contributed by atoms with E-state index >= 15 is 0 Å². The highest BCUT2D eigenvalue weighted by Crippen LogP contribution is 2.30. The van der Waals surface area contributed by atoms with E-state index in [1.807, 2.05) is 0 Å². The van der Waals surface area contributed by atoms with Gasteiger partial charge in [0.1, 0.15) is 18.5 Å². The summed E-state index contributed by atoms with van der Waals surface area (Å²) in [5.41, 5.74) is 0. The van der Waals surface area contributed by atoms with Crippen molar-refractivity contribution in [2.75, 3.05) is 6.61 Å². The van der Waals surface area contributed by atoms with E-state index in [0.717, 1.165) is 20.8 Å². The van der Waals surface area contributed by atoms with Crippen molar-refractivity contribution >= 4 is 23.9 Å². The van der Waals surface area contributed by atoms with Crippen LogP contribution in [-0.4, -0.2) is 61.2 Å². The van der Waals surface area contributed by atoms with E-state index in [2.05, 4.69) is 0 Å². The zero-order valence-electron chi connectivity index (χ0n) is 17.1. The van der Waals surface area contributed by atoms with Crippen LogP contribution in [-0.2, 0) is 42.9 Å². The Labute approximate surface area is 173 Å². The third kappa shape index (κ3) is 6.73. The van der Waals surface area contributed by atoms with Crippen molar-refractivity contribution in [3.8, 4) is 5.75 Å². The summed E-state index contributed by atoms with van der Waals surface area (Å²) in [5.74, 6) is -2.30. The Morgan fingerprint density at radius 3 is 1.83 bits per heavy atom. The fourth-order valence-corrected chi connectivity index (χ4v) is 2.92. The molecule has 1 fully saturated rings. The van der Waals surface area contributed by atoms with Gasteiger partial charge < -0.3 is 28.4 Å². The van der Waals surface area contributed by atoms with Gasteiger partial charge in [-0.1, -0.05) is 18.2 Å². The second-order valence-corrected chi connectivity index (χ2v) is 6.50. The highest BCUT2D eigenvalue weighted by molar-refractivity contribution is 5.68. The molecule has 0 aliphatic carbocycles. The lowest BCUT2D eigenvalue weighted by Crippen LogP contribution is -2.63. The van der Waals surface area contributed by atoms with Gasteiger partial charge in [0.2, 0.25) is 12.4 Å². The average Bonchev–Trinajstić information content (AvgIpc) is 2.64. The minimum atomic E-state index is -1.27. The number of ether oxygens (including phenoxy) is 6. The van der Waals surface area contributed by atoms with Crippen molar-refractivity contribution in [3.63, 3.8) is 0 Å². The van der Waals surface area contributed by atoms with Crippen LogP contribution in [0, 0.1) is 0 Å². The number of hydrogen-bond acceptors (Lipinski definition) is 10. The summed E-state index contributed by atoms with van der Waals surface area (Å²) in [6, 6.07) is 8.52. The van der Waals surface area contributed by atoms with E-state index in [1.165, 1.54) is 6.92 Å². The van der Waals surface area contributed by atoms with Crippen molar-refractivity contribution in [2.45, 2.75) is 58.4 Å². The van der Waals surface area contributed by atoms with Crippen molar-refractivity contribution in [1.29, 1.82) is 0 Å². The molecule has 164 valence electrons. The first-order valence-electron chi connectivity index (χ1n) is 9.19. The molecule has 1 aliphatic rings. The quantitative estimate of drug-likeness (QED) is 0.465. The van der Waals surface area contributed by atoms with Crippen LogP contribution in [0.2, 0.25) is 0 Å². The van der Waals surface area contributed by atoms with E-state index in [4.69, 9.17) is 28.4 Å². The van der Waals surface area contributed by atoms with Gasteiger partial charge in [0.15, 0.2) is 12.2 Å². The Morgan fingerprint density at radius 1 is 0.767 bits per heavy atom. The highest BCUT2D eigenvalue weighted by atomic mass is 16.7. The van der Waals surface area contributed by atoms with Crippen LogP contribution in [0.25, 0.3) is 0 Å². The van der Waals surface area contributed by atoms with Gasteiger partial charge >= 0.3 is 23.9 Å². The maximum Gasteiger partial charge on any atom is 0.303 e. The summed E-state index contributed by atoms with van der Waals surface area (Å²) < 4.78 is 32.6. The van der Waals surface area contributed by atoms with Gasteiger partial charge in [0.25, 0.3) is 0 Å². The van der Waals surface area contributed by atoms with Gasteiger partial charge in [0, 0.05) is 27.7 Å². The van der Waals surface area contributed by atoms with Crippen molar-refractivity contribution < 1.29 is 47.6 Å². The van der Waals surface area contributed by atoms with Crippen LogP contribution < -0.4 is 4.74 Å². The summed E-state index contributed by atoms with van der Waals surface area (Å²) in [4.78, 5) is 46.4. The van der Waals surface area contributed by atoms with E-state index in [1.54, 1.807) is 30.3 Å². The molecule has 0 unspecified atom stereocenters. The van der Waals surface area contributed by atoms with Crippen LogP contribution in [0.15, 0.2) is 30.3 Å². The van der Waals surface area contributed by atoms with E-state index < -0.39 is 54.6 Å². The van der Waals surface area contributed by atoms with Crippen LogP contribution in [0.3, 0.4) is 0 Å². The van der Waals surface area contributed by atoms with Gasteiger partial charge in [-0.15, -0.1) is 0 Å². The molecular weight excluding hydrogens is 400 g/mol. The molecule has 1 aliphatic heterocycles. The third-order valence-electron chi connectivity index (χ3n) is 3.94. The molecule has 10 nitrogen and oxygen atoms in total. The standard InChI is InChI=1S/C20H24O10/c1-11(21)25-10-16-17(26-12(2)22)18(27-13(3)23)19(28-14(4)24)20(30-16)29-15-8-6-5-7-9-15/h5-9,16-20H,10H2,1-4H3/t16-,17+,18-,19+,20+/m0/s1. The number of carbonyl (C=O) groups is 4. The molecule has 30 heavy (non-hydrogen) atoms. The molecule has 1 saturated heterocycles. The molecule has 0 aromatic heterocycles. The Balaban J connectivity index is 2.42. The normalized spacial score (nSPS) is 25.5. The lowest BCUT2D eigenvalue weighted by atomic mass is 9.98. The first-order chi connectivity index (χ1) is 14.2. The van der Waals surface area contributed by atoms with Gasteiger partial charge in [-0.3, -0.25) is 19.2 Å². The van der Waals surface area contributed by atoms with Crippen LogP contribution in [0.1, 0.15) is 27.7 Å². The Hall–Kier alpha value is -3.14. The molecule has 10 heteroatoms. The molecular formula is C20H24O10. The molecule has 0 saturated carbocycles. The Bertz CT molecular complexity index is 762. The summed E-state index contributed by atoms with van der Waals surface area (Å²) >= 11 is 0. The maximum absolute atomic E-state index is 11.7. The number of para-hydroxylation sites is 1. The molecule has 0 amide bonds. The first kappa shape index (κ1) is 23.1. The van der Waals surface area contributed by atoms with E-state index in [9.17, 15) is 19.2 Å². The summed E-state index contributed by atoms with van der Waals surface area (Å²) in [6.07, 6.45) is -6.04. The molecule has 1 aromatic rings. The third-order valence-corrected chi connectivity index (χ3v) is 3.94. The molecule has 1 heterocycles. The fraction of sp³-hybridized carbons (Fsp3) is 0.500. The van der Waals surface area contributed by atoms with Crippen LogP contribution in [0.4, 0.5) is 0 Å². The minimum Gasteiger partial charge on any atom is -0.463 e. The molecule has 0 spiro atoms. The number of rotatable bonds is 7. The van der Waals surface area contributed by atoms with Gasteiger partial charge in [0.05, 0.1) is 0 Å². The van der Waals surface area contributed by atoms with Crippen molar-refractivity contribution in [3.05, 3.63) is 30.3 Å².